The van der Waals surface area contributed by atoms with E-state index in [2.05, 4.69) is 29.2 Å². The highest BCUT2D eigenvalue weighted by Crippen LogP contribution is 2.29. The lowest BCUT2D eigenvalue weighted by molar-refractivity contribution is 0.340. The van der Waals surface area contributed by atoms with Crippen molar-refractivity contribution < 1.29 is 0 Å². The molecule has 0 aromatic carbocycles. The number of nitrogens with one attached hydrogen (secondary N) is 1. The SMILES string of the molecule is CNCc1nc(N(C)C2CCC(C)CC2)ccc1Cl. The van der Waals surface area contributed by atoms with Crippen LogP contribution in [0.3, 0.4) is 0 Å². The number of hydrogen-bond donors (Lipinski definition) is 1. The Morgan fingerprint density at radius 2 is 2.00 bits per heavy atom. The van der Waals surface area contributed by atoms with Gasteiger partial charge in [0.2, 0.25) is 0 Å². The summed E-state index contributed by atoms with van der Waals surface area (Å²) in [5.74, 6) is 1.91. The predicted molar refractivity (Wildman–Crippen MR) is 81.8 cm³/mol. The summed E-state index contributed by atoms with van der Waals surface area (Å²) in [6, 6.07) is 4.60. The van der Waals surface area contributed by atoms with Crippen LogP contribution in [-0.4, -0.2) is 25.1 Å². The van der Waals surface area contributed by atoms with Crippen LogP contribution in [0.15, 0.2) is 12.1 Å². The molecule has 106 valence electrons. The van der Waals surface area contributed by atoms with Gasteiger partial charge >= 0.3 is 0 Å². The number of rotatable bonds is 4. The number of aromatic nitrogens is 1. The topological polar surface area (TPSA) is 28.2 Å². The zero-order valence-corrected chi connectivity index (χ0v) is 12.9. The number of hydrogen-bond acceptors (Lipinski definition) is 3. The smallest absolute Gasteiger partial charge is 0.128 e. The molecule has 1 aromatic heterocycles. The molecule has 0 radical (unpaired) electrons. The van der Waals surface area contributed by atoms with E-state index in [-0.39, 0.29) is 0 Å². The minimum absolute atomic E-state index is 0.618. The third kappa shape index (κ3) is 3.61. The molecule has 1 aromatic rings. The highest BCUT2D eigenvalue weighted by atomic mass is 35.5. The van der Waals surface area contributed by atoms with Gasteiger partial charge in [0.05, 0.1) is 10.7 Å². The Bertz CT molecular complexity index is 414. The molecule has 3 nitrogen and oxygen atoms in total. The molecular weight excluding hydrogens is 258 g/mol. The fraction of sp³-hybridized carbons (Fsp3) is 0.667. The number of halogens is 1. The molecular formula is C15H24ClN3. The van der Waals surface area contributed by atoms with Gasteiger partial charge in [-0.05, 0) is 50.8 Å². The summed E-state index contributed by atoms with van der Waals surface area (Å²) in [4.78, 5) is 7.01. The Hall–Kier alpha value is -0.800. The van der Waals surface area contributed by atoms with Crippen molar-refractivity contribution in [1.29, 1.82) is 0 Å². The summed E-state index contributed by atoms with van der Waals surface area (Å²) in [6.07, 6.45) is 5.19. The number of nitrogens with zero attached hydrogens (tertiary/aromatic N) is 2. The van der Waals surface area contributed by atoms with Crippen LogP contribution in [0, 0.1) is 5.92 Å². The van der Waals surface area contributed by atoms with Crippen molar-refractivity contribution >= 4 is 17.4 Å². The van der Waals surface area contributed by atoms with E-state index < -0.39 is 0 Å². The van der Waals surface area contributed by atoms with E-state index in [1.54, 1.807) is 0 Å². The minimum Gasteiger partial charge on any atom is -0.357 e. The Morgan fingerprint density at radius 1 is 1.32 bits per heavy atom. The lowest BCUT2D eigenvalue weighted by atomic mass is 9.87. The van der Waals surface area contributed by atoms with Crippen LogP contribution >= 0.6 is 11.6 Å². The number of pyridine rings is 1. The first kappa shape index (κ1) is 14.6. The van der Waals surface area contributed by atoms with Gasteiger partial charge in [0, 0.05) is 19.6 Å². The van der Waals surface area contributed by atoms with E-state index in [1.807, 2.05) is 19.2 Å². The van der Waals surface area contributed by atoms with E-state index >= 15 is 0 Å². The summed E-state index contributed by atoms with van der Waals surface area (Å²) in [7, 11) is 4.07. The molecule has 4 heteroatoms. The van der Waals surface area contributed by atoms with Gasteiger partial charge in [-0.1, -0.05) is 18.5 Å². The van der Waals surface area contributed by atoms with E-state index in [4.69, 9.17) is 11.6 Å². The molecule has 0 amide bonds. The van der Waals surface area contributed by atoms with Gasteiger partial charge in [-0.3, -0.25) is 0 Å². The largest absolute Gasteiger partial charge is 0.357 e. The maximum atomic E-state index is 6.16. The lowest BCUT2D eigenvalue weighted by Gasteiger charge is -2.34. The number of anilines is 1. The molecule has 0 saturated heterocycles. The first-order chi connectivity index (χ1) is 9.11. The normalized spacial score (nSPS) is 23.4. The monoisotopic (exact) mass is 281 g/mol. The molecule has 1 N–H and O–H groups in total. The molecule has 1 aliphatic carbocycles. The first-order valence-corrected chi connectivity index (χ1v) is 7.52. The van der Waals surface area contributed by atoms with Crippen molar-refractivity contribution in [2.75, 3.05) is 19.0 Å². The van der Waals surface area contributed by atoms with E-state index in [9.17, 15) is 0 Å². The average molecular weight is 282 g/mol. The second-order valence-corrected chi connectivity index (χ2v) is 6.06. The van der Waals surface area contributed by atoms with Gasteiger partial charge in [-0.15, -0.1) is 0 Å². The quantitative estimate of drug-likeness (QED) is 0.916. The molecule has 0 unspecified atom stereocenters. The standard InChI is InChI=1S/C15H24ClN3/c1-11-4-6-12(7-5-11)19(3)15-9-8-13(16)14(18-15)10-17-2/h8-9,11-12,17H,4-7,10H2,1-3H3. The van der Waals surface area contributed by atoms with Gasteiger partial charge in [-0.2, -0.15) is 0 Å². The van der Waals surface area contributed by atoms with Crippen molar-refractivity contribution in [3.63, 3.8) is 0 Å². The molecule has 1 saturated carbocycles. The second-order valence-electron chi connectivity index (χ2n) is 5.65. The van der Waals surface area contributed by atoms with Gasteiger partial charge in [-0.25, -0.2) is 4.98 Å². The van der Waals surface area contributed by atoms with E-state index in [0.29, 0.717) is 12.6 Å². The van der Waals surface area contributed by atoms with E-state index in [0.717, 1.165) is 22.5 Å². The summed E-state index contributed by atoms with van der Waals surface area (Å²) in [5.41, 5.74) is 0.928. The van der Waals surface area contributed by atoms with Gasteiger partial charge in [0.15, 0.2) is 0 Å². The van der Waals surface area contributed by atoms with Crippen LogP contribution in [0.4, 0.5) is 5.82 Å². The molecule has 0 spiro atoms. The van der Waals surface area contributed by atoms with Crippen molar-refractivity contribution in [2.24, 2.45) is 5.92 Å². The van der Waals surface area contributed by atoms with Gasteiger partial charge < -0.3 is 10.2 Å². The third-order valence-corrected chi connectivity index (χ3v) is 4.49. The van der Waals surface area contributed by atoms with Crippen molar-refractivity contribution in [2.45, 2.75) is 45.2 Å². The second kappa shape index (κ2) is 6.58. The fourth-order valence-corrected chi connectivity index (χ4v) is 2.95. The van der Waals surface area contributed by atoms with Crippen molar-refractivity contribution in [3.8, 4) is 0 Å². The van der Waals surface area contributed by atoms with Crippen LogP contribution in [0.5, 0.6) is 0 Å². The molecule has 1 fully saturated rings. The Balaban J connectivity index is 2.10. The molecule has 0 aliphatic heterocycles. The third-order valence-electron chi connectivity index (χ3n) is 4.14. The maximum Gasteiger partial charge on any atom is 0.128 e. The molecule has 2 rings (SSSR count). The molecule has 19 heavy (non-hydrogen) atoms. The minimum atomic E-state index is 0.618. The summed E-state index contributed by atoms with van der Waals surface area (Å²) >= 11 is 6.16. The van der Waals surface area contributed by atoms with Gasteiger partial charge in [0.1, 0.15) is 5.82 Å². The molecule has 1 aliphatic rings. The van der Waals surface area contributed by atoms with Crippen LogP contribution in [-0.2, 0) is 6.54 Å². The lowest BCUT2D eigenvalue weighted by Crippen LogP contribution is -2.35. The van der Waals surface area contributed by atoms with Crippen LogP contribution in [0.25, 0.3) is 0 Å². The average Bonchev–Trinajstić information content (AvgIpc) is 2.41. The molecule has 1 heterocycles. The van der Waals surface area contributed by atoms with Crippen molar-refractivity contribution in [3.05, 3.63) is 22.8 Å². The summed E-state index contributed by atoms with van der Waals surface area (Å²) in [5, 5.41) is 3.85. The Kier molecular flexibility index (Phi) is 5.06. The van der Waals surface area contributed by atoms with Crippen LogP contribution < -0.4 is 10.2 Å². The fourth-order valence-electron chi connectivity index (χ4n) is 2.78. The predicted octanol–water partition coefficient (Wildman–Crippen LogP) is 3.47. The summed E-state index contributed by atoms with van der Waals surface area (Å²) < 4.78 is 0. The Morgan fingerprint density at radius 3 is 2.63 bits per heavy atom. The Labute approximate surface area is 121 Å². The zero-order valence-electron chi connectivity index (χ0n) is 12.1. The van der Waals surface area contributed by atoms with Crippen LogP contribution in [0.1, 0.15) is 38.3 Å². The molecule has 0 bridgehead atoms. The molecule has 0 atom stereocenters. The maximum absolute atomic E-state index is 6.16. The highest BCUT2D eigenvalue weighted by Gasteiger charge is 2.22. The van der Waals surface area contributed by atoms with Gasteiger partial charge in [0.25, 0.3) is 0 Å². The van der Waals surface area contributed by atoms with E-state index in [1.165, 1.54) is 25.7 Å². The highest BCUT2D eigenvalue weighted by molar-refractivity contribution is 6.31. The van der Waals surface area contributed by atoms with Crippen LogP contribution in [0.2, 0.25) is 5.02 Å². The summed E-state index contributed by atoms with van der Waals surface area (Å²) in [6.45, 7) is 3.06. The first-order valence-electron chi connectivity index (χ1n) is 7.14. The zero-order chi connectivity index (χ0) is 13.8. The van der Waals surface area contributed by atoms with Crippen molar-refractivity contribution in [1.82, 2.24) is 10.3 Å².